The molecule has 0 amide bonds. The van der Waals surface area contributed by atoms with Crippen molar-refractivity contribution in [2.24, 2.45) is 0 Å². The van der Waals surface area contributed by atoms with Gasteiger partial charge in [0.1, 0.15) is 10.6 Å². The summed E-state index contributed by atoms with van der Waals surface area (Å²) in [5, 5.41) is 0.393. The SMILES string of the molecule is CCOc1cc(C)c(Cl)cc1S(=O)(=O)NCc1ccc(C)cc1. The van der Waals surface area contributed by atoms with E-state index in [0.717, 1.165) is 16.7 Å². The number of hydrogen-bond donors (Lipinski definition) is 1. The highest BCUT2D eigenvalue weighted by Crippen LogP contribution is 2.30. The maximum atomic E-state index is 12.6. The van der Waals surface area contributed by atoms with Crippen molar-refractivity contribution in [1.82, 2.24) is 4.72 Å². The fourth-order valence-electron chi connectivity index (χ4n) is 2.08. The van der Waals surface area contributed by atoms with Crippen LogP contribution in [0.25, 0.3) is 0 Å². The van der Waals surface area contributed by atoms with Crippen LogP contribution in [0.3, 0.4) is 0 Å². The molecule has 23 heavy (non-hydrogen) atoms. The lowest BCUT2D eigenvalue weighted by Crippen LogP contribution is -2.24. The number of aryl methyl sites for hydroxylation is 2. The number of nitrogens with one attached hydrogen (secondary N) is 1. The number of ether oxygens (including phenoxy) is 1. The average Bonchev–Trinajstić information content (AvgIpc) is 2.50. The van der Waals surface area contributed by atoms with Crippen molar-refractivity contribution < 1.29 is 13.2 Å². The quantitative estimate of drug-likeness (QED) is 0.858. The number of benzene rings is 2. The molecule has 2 rings (SSSR count). The predicted octanol–water partition coefficient (Wildman–Crippen LogP) is 3.83. The Bertz CT molecular complexity index is 786. The highest BCUT2D eigenvalue weighted by atomic mass is 35.5. The number of sulfonamides is 1. The van der Waals surface area contributed by atoms with Gasteiger partial charge in [-0.25, -0.2) is 13.1 Å². The van der Waals surface area contributed by atoms with E-state index in [1.54, 1.807) is 19.9 Å². The van der Waals surface area contributed by atoms with E-state index < -0.39 is 10.0 Å². The van der Waals surface area contributed by atoms with Gasteiger partial charge in [-0.15, -0.1) is 0 Å². The normalized spacial score (nSPS) is 11.5. The molecule has 0 saturated carbocycles. The molecule has 0 aliphatic carbocycles. The summed E-state index contributed by atoms with van der Waals surface area (Å²) in [6, 6.07) is 10.7. The first-order chi connectivity index (χ1) is 10.8. The minimum absolute atomic E-state index is 0.0575. The molecule has 0 unspecified atom stereocenters. The van der Waals surface area contributed by atoms with Crippen LogP contribution in [0.4, 0.5) is 0 Å². The summed E-state index contributed by atoms with van der Waals surface area (Å²) in [4.78, 5) is 0.0575. The van der Waals surface area contributed by atoms with Crippen molar-refractivity contribution >= 4 is 21.6 Å². The van der Waals surface area contributed by atoms with Crippen molar-refractivity contribution in [2.75, 3.05) is 6.61 Å². The zero-order valence-electron chi connectivity index (χ0n) is 13.4. The molecule has 2 aromatic carbocycles. The summed E-state index contributed by atoms with van der Waals surface area (Å²) in [6.07, 6.45) is 0. The molecule has 0 heterocycles. The van der Waals surface area contributed by atoms with Gasteiger partial charge in [0.15, 0.2) is 0 Å². The van der Waals surface area contributed by atoms with Crippen LogP contribution >= 0.6 is 11.6 Å². The molecule has 0 bridgehead atoms. The highest BCUT2D eigenvalue weighted by molar-refractivity contribution is 7.89. The minimum atomic E-state index is -3.72. The molecule has 0 aliphatic heterocycles. The molecule has 0 saturated heterocycles. The van der Waals surface area contributed by atoms with Gasteiger partial charge in [0.2, 0.25) is 10.0 Å². The van der Waals surface area contributed by atoms with Crippen molar-refractivity contribution in [2.45, 2.75) is 32.2 Å². The minimum Gasteiger partial charge on any atom is -0.492 e. The van der Waals surface area contributed by atoms with E-state index in [9.17, 15) is 8.42 Å². The van der Waals surface area contributed by atoms with E-state index in [2.05, 4.69) is 4.72 Å². The van der Waals surface area contributed by atoms with Crippen molar-refractivity contribution in [1.29, 1.82) is 0 Å². The fraction of sp³-hybridized carbons (Fsp3) is 0.294. The van der Waals surface area contributed by atoms with E-state index in [4.69, 9.17) is 16.3 Å². The molecular formula is C17H20ClNO3S. The van der Waals surface area contributed by atoms with Crippen LogP contribution in [0, 0.1) is 13.8 Å². The topological polar surface area (TPSA) is 55.4 Å². The Morgan fingerprint density at radius 3 is 2.39 bits per heavy atom. The molecule has 4 nitrogen and oxygen atoms in total. The Labute approximate surface area is 142 Å². The maximum Gasteiger partial charge on any atom is 0.244 e. The van der Waals surface area contributed by atoms with Crippen LogP contribution in [-0.2, 0) is 16.6 Å². The summed E-state index contributed by atoms with van der Waals surface area (Å²) in [6.45, 7) is 6.18. The standard InChI is InChI=1S/C17H20ClNO3S/c1-4-22-16-9-13(3)15(18)10-17(16)23(20,21)19-11-14-7-5-12(2)6-8-14/h5-10,19H,4,11H2,1-3H3. The van der Waals surface area contributed by atoms with Gasteiger partial charge in [-0.3, -0.25) is 0 Å². The van der Waals surface area contributed by atoms with Gasteiger partial charge in [-0.1, -0.05) is 41.4 Å². The van der Waals surface area contributed by atoms with Crippen molar-refractivity contribution in [3.8, 4) is 5.75 Å². The number of rotatable bonds is 6. The molecule has 0 spiro atoms. The Kier molecular flexibility index (Phi) is 5.68. The second kappa shape index (κ2) is 7.34. The molecule has 6 heteroatoms. The molecular weight excluding hydrogens is 334 g/mol. The van der Waals surface area contributed by atoms with Crippen molar-refractivity contribution in [3.05, 3.63) is 58.1 Å². The third-order valence-corrected chi connectivity index (χ3v) is 5.23. The van der Waals surface area contributed by atoms with Crippen LogP contribution in [0.2, 0.25) is 5.02 Å². The third-order valence-electron chi connectivity index (χ3n) is 3.40. The Hall–Kier alpha value is -1.56. The monoisotopic (exact) mass is 353 g/mol. The van der Waals surface area contributed by atoms with Crippen molar-refractivity contribution in [3.63, 3.8) is 0 Å². The number of halogens is 1. The summed E-state index contributed by atoms with van der Waals surface area (Å²) in [5.41, 5.74) is 2.78. The smallest absolute Gasteiger partial charge is 0.244 e. The van der Waals surface area contributed by atoms with E-state index in [1.807, 2.05) is 31.2 Å². The third kappa shape index (κ3) is 4.47. The van der Waals surface area contributed by atoms with Gasteiger partial charge in [0.05, 0.1) is 6.61 Å². The largest absolute Gasteiger partial charge is 0.492 e. The van der Waals surface area contributed by atoms with Gasteiger partial charge in [-0.2, -0.15) is 0 Å². The zero-order valence-corrected chi connectivity index (χ0v) is 15.0. The van der Waals surface area contributed by atoms with Gasteiger partial charge < -0.3 is 4.74 Å². The van der Waals surface area contributed by atoms with E-state index in [0.29, 0.717) is 17.4 Å². The lowest BCUT2D eigenvalue weighted by Gasteiger charge is -2.14. The summed E-state index contributed by atoms with van der Waals surface area (Å²) in [5.74, 6) is 0.311. The van der Waals surface area contributed by atoms with Crippen LogP contribution < -0.4 is 9.46 Å². The number of hydrogen-bond acceptors (Lipinski definition) is 3. The fourth-order valence-corrected chi connectivity index (χ4v) is 3.47. The summed E-state index contributed by atoms with van der Waals surface area (Å²) >= 11 is 6.08. The first-order valence-corrected chi connectivity index (χ1v) is 9.17. The first kappa shape index (κ1) is 17.8. The predicted molar refractivity (Wildman–Crippen MR) is 92.6 cm³/mol. The molecule has 0 aliphatic rings. The van der Waals surface area contributed by atoms with Crippen LogP contribution in [0.1, 0.15) is 23.6 Å². The van der Waals surface area contributed by atoms with Crippen LogP contribution in [0.15, 0.2) is 41.3 Å². The van der Waals surface area contributed by atoms with Gasteiger partial charge >= 0.3 is 0 Å². The van der Waals surface area contributed by atoms with Crippen LogP contribution in [0.5, 0.6) is 5.75 Å². The van der Waals surface area contributed by atoms with Gasteiger partial charge in [-0.05, 0) is 44.0 Å². The first-order valence-electron chi connectivity index (χ1n) is 7.31. The maximum absolute atomic E-state index is 12.6. The molecule has 0 fully saturated rings. The van der Waals surface area contributed by atoms with E-state index in [1.165, 1.54) is 6.07 Å². The molecule has 0 atom stereocenters. The van der Waals surface area contributed by atoms with Gasteiger partial charge in [0.25, 0.3) is 0 Å². The van der Waals surface area contributed by atoms with Gasteiger partial charge in [0, 0.05) is 11.6 Å². The Balaban J connectivity index is 2.28. The van der Waals surface area contributed by atoms with E-state index >= 15 is 0 Å². The van der Waals surface area contributed by atoms with E-state index in [-0.39, 0.29) is 11.4 Å². The molecule has 1 N–H and O–H groups in total. The summed E-state index contributed by atoms with van der Waals surface area (Å²) < 4.78 is 33.2. The second-order valence-electron chi connectivity index (χ2n) is 5.29. The highest BCUT2D eigenvalue weighted by Gasteiger charge is 2.21. The second-order valence-corrected chi connectivity index (χ2v) is 7.43. The molecule has 124 valence electrons. The Morgan fingerprint density at radius 2 is 1.78 bits per heavy atom. The lowest BCUT2D eigenvalue weighted by atomic mass is 10.2. The van der Waals surface area contributed by atoms with Crippen LogP contribution in [-0.4, -0.2) is 15.0 Å². The lowest BCUT2D eigenvalue weighted by molar-refractivity contribution is 0.330. The molecule has 0 radical (unpaired) electrons. The summed E-state index contributed by atoms with van der Waals surface area (Å²) in [7, 11) is -3.72. The average molecular weight is 354 g/mol. The Morgan fingerprint density at radius 1 is 1.13 bits per heavy atom. The molecule has 2 aromatic rings. The molecule has 0 aromatic heterocycles. The zero-order chi connectivity index (χ0) is 17.0.